The maximum Gasteiger partial charge on any atom is 0.317 e. The molecular formula is C21H34N2O3. The zero-order chi connectivity index (χ0) is 19.4. The largest absolute Gasteiger partial charge is 0.462 e. The van der Waals surface area contributed by atoms with E-state index in [9.17, 15) is 9.59 Å². The van der Waals surface area contributed by atoms with Crippen molar-refractivity contribution < 1.29 is 14.3 Å². The number of rotatable bonds is 5. The highest BCUT2D eigenvalue weighted by molar-refractivity contribution is 6.06. The molecule has 5 heteroatoms. The van der Waals surface area contributed by atoms with Gasteiger partial charge in [-0.1, -0.05) is 34.1 Å². The highest BCUT2D eigenvalue weighted by Gasteiger charge is 2.40. The molecule has 0 amide bonds. The number of carbonyl (C=O) groups is 2. The molecule has 2 aliphatic carbocycles. The lowest BCUT2D eigenvalue weighted by Gasteiger charge is -2.37. The van der Waals surface area contributed by atoms with Gasteiger partial charge in [0.15, 0.2) is 5.78 Å². The number of ketones is 1. The Hall–Kier alpha value is -1.65. The number of nitrogens with zero attached hydrogens (tertiary/aromatic N) is 2. The molecule has 5 nitrogen and oxygen atoms in total. The molecule has 0 saturated heterocycles. The van der Waals surface area contributed by atoms with Crippen molar-refractivity contribution in [1.29, 1.82) is 0 Å². The second kappa shape index (κ2) is 8.83. The molecule has 5 atom stereocenters. The van der Waals surface area contributed by atoms with Crippen molar-refractivity contribution in [3.63, 3.8) is 0 Å². The first kappa shape index (κ1) is 20.7. The van der Waals surface area contributed by atoms with Gasteiger partial charge < -0.3 is 9.64 Å². The first-order valence-corrected chi connectivity index (χ1v) is 9.84. The van der Waals surface area contributed by atoms with Crippen LogP contribution in [0.4, 0.5) is 0 Å². The van der Waals surface area contributed by atoms with Crippen LogP contribution in [-0.4, -0.2) is 43.2 Å². The molecule has 0 aromatic carbocycles. The van der Waals surface area contributed by atoms with Crippen LogP contribution in [0.15, 0.2) is 16.8 Å². The minimum Gasteiger partial charge on any atom is -0.462 e. The topological polar surface area (TPSA) is 59.0 Å². The highest BCUT2D eigenvalue weighted by atomic mass is 16.5. The Morgan fingerprint density at radius 2 is 2.00 bits per heavy atom. The van der Waals surface area contributed by atoms with Gasteiger partial charge in [-0.05, 0) is 42.9 Å². The molecule has 26 heavy (non-hydrogen) atoms. The molecule has 0 radical (unpaired) electrons. The van der Waals surface area contributed by atoms with E-state index in [0.29, 0.717) is 24.2 Å². The van der Waals surface area contributed by atoms with Crippen LogP contribution in [0, 0.1) is 29.6 Å². The third kappa shape index (κ3) is 5.18. The summed E-state index contributed by atoms with van der Waals surface area (Å²) in [5, 5.41) is 0. The maximum absolute atomic E-state index is 12.8. The quantitative estimate of drug-likeness (QED) is 0.324. The van der Waals surface area contributed by atoms with E-state index in [4.69, 9.17) is 4.74 Å². The first-order valence-electron chi connectivity index (χ1n) is 9.84. The average Bonchev–Trinajstić information content (AvgIpc) is 2.52. The molecule has 0 N–H and O–H groups in total. The molecule has 0 heterocycles. The van der Waals surface area contributed by atoms with Crippen LogP contribution in [-0.2, 0) is 14.3 Å². The number of allylic oxidation sites excluding steroid dienone is 2. The molecule has 2 rings (SSSR count). The van der Waals surface area contributed by atoms with Gasteiger partial charge in [0.1, 0.15) is 12.0 Å². The zero-order valence-corrected chi connectivity index (χ0v) is 17.1. The number of hydrogen-bond donors (Lipinski definition) is 0. The smallest absolute Gasteiger partial charge is 0.317 e. The number of ether oxygens (including phenoxy) is 1. The molecule has 1 fully saturated rings. The van der Waals surface area contributed by atoms with Crippen LogP contribution in [0.3, 0.4) is 0 Å². The Kier molecular flexibility index (Phi) is 7.01. The van der Waals surface area contributed by atoms with Crippen LogP contribution >= 0.6 is 0 Å². The third-order valence-corrected chi connectivity index (χ3v) is 5.65. The lowest BCUT2D eigenvalue weighted by Crippen LogP contribution is -2.41. The maximum atomic E-state index is 12.8. The van der Waals surface area contributed by atoms with Crippen molar-refractivity contribution in [3.05, 3.63) is 11.8 Å². The van der Waals surface area contributed by atoms with Gasteiger partial charge in [-0.2, -0.15) is 0 Å². The van der Waals surface area contributed by atoms with Crippen LogP contribution in [0.1, 0.15) is 53.4 Å². The summed E-state index contributed by atoms with van der Waals surface area (Å²) in [6, 6.07) is 0. The molecule has 0 aromatic heterocycles. The summed E-state index contributed by atoms with van der Waals surface area (Å²) in [6.07, 6.45) is 6.92. The molecule has 146 valence electrons. The lowest BCUT2D eigenvalue weighted by atomic mass is 9.75. The summed E-state index contributed by atoms with van der Waals surface area (Å²) in [4.78, 5) is 31.5. The van der Waals surface area contributed by atoms with Crippen LogP contribution in [0.25, 0.3) is 0 Å². The van der Waals surface area contributed by atoms with E-state index in [2.05, 4.69) is 25.8 Å². The van der Waals surface area contributed by atoms with Gasteiger partial charge in [-0.25, -0.2) is 4.99 Å². The fourth-order valence-corrected chi connectivity index (χ4v) is 4.14. The molecule has 0 unspecified atom stereocenters. The Labute approximate surface area is 157 Å². The van der Waals surface area contributed by atoms with Crippen molar-refractivity contribution in [2.24, 2.45) is 34.6 Å². The van der Waals surface area contributed by atoms with Crippen LogP contribution in [0.2, 0.25) is 0 Å². The fourth-order valence-electron chi connectivity index (χ4n) is 4.14. The molecule has 2 aliphatic rings. The van der Waals surface area contributed by atoms with Gasteiger partial charge in [0.25, 0.3) is 0 Å². The third-order valence-electron chi connectivity index (χ3n) is 5.65. The lowest BCUT2D eigenvalue weighted by molar-refractivity contribution is -0.164. The predicted octanol–water partition coefficient (Wildman–Crippen LogP) is 3.69. The number of carbonyl (C=O) groups excluding carboxylic acids is 2. The highest BCUT2D eigenvalue weighted by Crippen LogP contribution is 2.37. The molecule has 0 aromatic rings. The minimum absolute atomic E-state index is 0.0663. The Morgan fingerprint density at radius 1 is 1.31 bits per heavy atom. The average molecular weight is 363 g/mol. The monoisotopic (exact) mass is 362 g/mol. The molecule has 0 aliphatic heterocycles. The van der Waals surface area contributed by atoms with Crippen LogP contribution < -0.4 is 0 Å². The normalized spacial score (nSPS) is 32.7. The van der Waals surface area contributed by atoms with Crippen LogP contribution in [0.5, 0.6) is 0 Å². The summed E-state index contributed by atoms with van der Waals surface area (Å²) >= 11 is 0. The SMILES string of the molecule is CC(C)[C@@H]1CC[C@@H](C)C[C@H]1OC(=O)[C@H]1C(=O)C=C(N=CN(C)C)C[C@@H]1C. The van der Waals surface area contributed by atoms with Gasteiger partial charge in [0.05, 0.1) is 6.34 Å². The molecule has 0 bridgehead atoms. The van der Waals surface area contributed by atoms with E-state index < -0.39 is 5.92 Å². The van der Waals surface area contributed by atoms with E-state index in [-0.39, 0.29) is 23.8 Å². The van der Waals surface area contributed by atoms with Gasteiger partial charge in [0, 0.05) is 25.9 Å². The van der Waals surface area contributed by atoms with Crippen molar-refractivity contribution in [2.75, 3.05) is 14.1 Å². The van der Waals surface area contributed by atoms with Gasteiger partial charge >= 0.3 is 5.97 Å². The summed E-state index contributed by atoms with van der Waals surface area (Å²) in [5.74, 6) is 0.121. The van der Waals surface area contributed by atoms with Crippen molar-refractivity contribution in [3.8, 4) is 0 Å². The zero-order valence-electron chi connectivity index (χ0n) is 17.1. The van der Waals surface area contributed by atoms with E-state index >= 15 is 0 Å². The number of hydrogen-bond acceptors (Lipinski definition) is 4. The summed E-state index contributed by atoms with van der Waals surface area (Å²) in [7, 11) is 3.77. The van der Waals surface area contributed by atoms with Crippen molar-refractivity contribution in [2.45, 2.75) is 59.5 Å². The van der Waals surface area contributed by atoms with E-state index in [1.165, 1.54) is 12.5 Å². The van der Waals surface area contributed by atoms with Gasteiger partial charge in [-0.3, -0.25) is 9.59 Å². The van der Waals surface area contributed by atoms with E-state index in [1.54, 1.807) is 6.34 Å². The van der Waals surface area contributed by atoms with Crippen molar-refractivity contribution >= 4 is 18.1 Å². The Bertz CT molecular complexity index is 580. The second-order valence-electron chi connectivity index (χ2n) is 8.71. The van der Waals surface area contributed by atoms with Gasteiger partial charge in [-0.15, -0.1) is 0 Å². The summed E-state index contributed by atoms with van der Waals surface area (Å²) in [5.41, 5.74) is 0.728. The van der Waals surface area contributed by atoms with E-state index in [1.807, 2.05) is 25.9 Å². The minimum atomic E-state index is -0.696. The first-order chi connectivity index (χ1) is 12.2. The summed E-state index contributed by atoms with van der Waals surface area (Å²) < 4.78 is 5.91. The summed E-state index contributed by atoms with van der Waals surface area (Å²) in [6.45, 7) is 8.52. The molecule has 1 saturated carbocycles. The molecule has 0 spiro atoms. The second-order valence-corrected chi connectivity index (χ2v) is 8.71. The number of esters is 1. The van der Waals surface area contributed by atoms with Crippen molar-refractivity contribution in [1.82, 2.24) is 4.90 Å². The standard InChI is InChI=1S/C21H34N2O3/c1-13(2)17-8-7-14(3)9-19(17)26-21(25)20-15(4)10-16(11-18(20)24)22-12-23(5)6/h11-15,17,19-20H,7-10H2,1-6H3/t14-,15+,17+,19-,20-/m1/s1. The predicted molar refractivity (Wildman–Crippen MR) is 104 cm³/mol. The van der Waals surface area contributed by atoms with Gasteiger partial charge in [0.2, 0.25) is 0 Å². The van der Waals surface area contributed by atoms with E-state index in [0.717, 1.165) is 18.5 Å². The molecular weight excluding hydrogens is 328 g/mol. The fraction of sp³-hybridized carbons (Fsp3) is 0.762. The number of aliphatic imine (C=N–C) groups is 1. The Balaban J connectivity index is 2.07. The Morgan fingerprint density at radius 3 is 2.58 bits per heavy atom.